The average Bonchev–Trinajstić information content (AvgIpc) is 2.22. The molecule has 0 bridgehead atoms. The Morgan fingerprint density at radius 3 is 0.818 bits per heavy atom. The molecule has 0 amide bonds. The van der Waals surface area contributed by atoms with Gasteiger partial charge in [-0.05, 0) is 62.3 Å². The van der Waals surface area contributed by atoms with Crippen LogP contribution in [-0.4, -0.2) is 29.8 Å². The quantitative estimate of drug-likeness (QED) is 0.486. The molecule has 22 heavy (non-hydrogen) atoms. The third-order valence-electron chi connectivity index (χ3n) is 2.35. The zero-order valence-electron chi connectivity index (χ0n) is 15.2. The molecule has 8 heteroatoms. The van der Waals surface area contributed by atoms with Gasteiger partial charge in [-0.25, -0.2) is 0 Å². The first-order chi connectivity index (χ1) is 9.82. The van der Waals surface area contributed by atoms with Crippen LogP contribution in [0.1, 0.15) is 62.3 Å². The molecule has 0 aliphatic heterocycles. The van der Waals surface area contributed by atoms with Gasteiger partial charge in [0.05, 0.1) is 24.4 Å². The van der Waals surface area contributed by atoms with Gasteiger partial charge in [0.2, 0.25) is 0 Å². The van der Waals surface area contributed by atoms with Gasteiger partial charge in [-0.2, -0.15) is 0 Å². The Balaban J connectivity index is 5.65. The minimum Gasteiger partial charge on any atom is -0.305 e. The van der Waals surface area contributed by atoms with Crippen LogP contribution in [0.4, 0.5) is 0 Å². The van der Waals surface area contributed by atoms with Crippen molar-refractivity contribution in [1.29, 1.82) is 0 Å². The fraction of sp³-hybridized carbons (Fsp3) is 1.00. The third kappa shape index (κ3) is 7.25. The highest BCUT2D eigenvalue weighted by Gasteiger charge is 2.49. The van der Waals surface area contributed by atoms with Crippen molar-refractivity contribution in [3.05, 3.63) is 0 Å². The van der Waals surface area contributed by atoms with E-state index in [1.807, 2.05) is 0 Å². The molecule has 0 aliphatic carbocycles. The fourth-order valence-corrected chi connectivity index (χ4v) is 6.94. The van der Waals surface area contributed by atoms with Gasteiger partial charge >= 0.3 is 15.2 Å². The predicted octanol–water partition coefficient (Wildman–Crippen LogP) is 5.42. The maximum atomic E-state index is 13.2. The van der Waals surface area contributed by atoms with E-state index in [0.29, 0.717) is 0 Å². The fourth-order valence-electron chi connectivity index (χ4n) is 1.75. The lowest BCUT2D eigenvalue weighted by Crippen LogP contribution is -2.21. The van der Waals surface area contributed by atoms with Gasteiger partial charge in [0, 0.05) is 0 Å². The van der Waals surface area contributed by atoms with E-state index >= 15 is 0 Å². The highest BCUT2D eigenvalue weighted by atomic mass is 31.2. The molecule has 0 heterocycles. The van der Waals surface area contributed by atoms with E-state index in [1.54, 1.807) is 55.4 Å². The summed E-state index contributed by atoms with van der Waals surface area (Å²) in [5.74, 6) is 0. The van der Waals surface area contributed by atoms with E-state index < -0.39 is 20.6 Å². The van der Waals surface area contributed by atoms with Crippen molar-refractivity contribution in [2.45, 2.75) is 92.1 Å². The molecule has 6 nitrogen and oxygen atoms in total. The summed E-state index contributed by atoms with van der Waals surface area (Å²) < 4.78 is 48.4. The molecule has 134 valence electrons. The van der Waals surface area contributed by atoms with Crippen molar-refractivity contribution in [2.75, 3.05) is 0 Å². The highest BCUT2D eigenvalue weighted by Crippen LogP contribution is 2.71. The van der Waals surface area contributed by atoms with Gasteiger partial charge in [0.15, 0.2) is 5.40 Å². The Bertz CT molecular complexity index is 354. The molecule has 0 saturated heterocycles. The van der Waals surface area contributed by atoms with Crippen molar-refractivity contribution in [1.82, 2.24) is 0 Å². The van der Waals surface area contributed by atoms with Gasteiger partial charge in [-0.15, -0.1) is 0 Å². The van der Waals surface area contributed by atoms with E-state index in [0.717, 1.165) is 0 Å². The molecule has 0 radical (unpaired) electrons. The minimum absolute atomic E-state index is 0.335. The molecule has 0 aromatic carbocycles. The maximum Gasteiger partial charge on any atom is 0.346 e. The lowest BCUT2D eigenvalue weighted by molar-refractivity contribution is 0.124. The van der Waals surface area contributed by atoms with E-state index in [-0.39, 0.29) is 24.4 Å². The molecular formula is C14H32O6P2. The normalized spacial score (nSPS) is 14.1. The molecule has 0 unspecified atom stereocenters. The van der Waals surface area contributed by atoms with Gasteiger partial charge in [0.25, 0.3) is 0 Å². The Kier molecular flexibility index (Phi) is 9.08. The second kappa shape index (κ2) is 8.96. The van der Waals surface area contributed by atoms with Crippen LogP contribution in [0.3, 0.4) is 0 Å². The van der Waals surface area contributed by atoms with Crippen LogP contribution in [0.5, 0.6) is 0 Å². The minimum atomic E-state index is -3.67. The van der Waals surface area contributed by atoms with Crippen LogP contribution < -0.4 is 0 Å². The lowest BCUT2D eigenvalue weighted by atomic mass is 10.5. The van der Waals surface area contributed by atoms with Crippen molar-refractivity contribution < 1.29 is 27.2 Å². The Labute approximate surface area is 135 Å². The summed E-state index contributed by atoms with van der Waals surface area (Å²) in [6.07, 6.45) is -1.34. The van der Waals surface area contributed by atoms with E-state index in [9.17, 15) is 9.13 Å². The van der Waals surface area contributed by atoms with Crippen molar-refractivity contribution in [3.63, 3.8) is 0 Å². The molecule has 0 spiro atoms. The number of rotatable bonds is 10. The Morgan fingerprint density at radius 2 is 0.682 bits per heavy atom. The standard InChI is InChI=1S/C14H32O6P2/c1-10(2)17-21(15,18-11(3)4)14(9)22(16,19-12(5)6)20-13(7)8/h10-14H,1-9H3. The van der Waals surface area contributed by atoms with Gasteiger partial charge in [-0.3, -0.25) is 9.13 Å². The van der Waals surface area contributed by atoms with Crippen molar-refractivity contribution in [3.8, 4) is 0 Å². The summed E-state index contributed by atoms with van der Waals surface area (Å²) in [5, 5.41) is -1.01. The zero-order valence-corrected chi connectivity index (χ0v) is 17.0. The van der Waals surface area contributed by atoms with E-state index in [1.165, 1.54) is 6.92 Å². The summed E-state index contributed by atoms with van der Waals surface area (Å²) >= 11 is 0. The first-order valence-corrected chi connectivity index (χ1v) is 11.0. The van der Waals surface area contributed by atoms with Crippen LogP contribution in [0, 0.1) is 0 Å². The smallest absolute Gasteiger partial charge is 0.305 e. The summed E-state index contributed by atoms with van der Waals surface area (Å²) in [7, 11) is -7.34. The summed E-state index contributed by atoms with van der Waals surface area (Å²) in [5.41, 5.74) is 0. The van der Waals surface area contributed by atoms with Gasteiger partial charge in [-0.1, -0.05) is 0 Å². The molecular weight excluding hydrogens is 326 g/mol. The first-order valence-electron chi connectivity index (χ1n) is 7.75. The molecule has 0 N–H and O–H groups in total. The lowest BCUT2D eigenvalue weighted by Gasteiger charge is -2.33. The number of hydrogen-bond donors (Lipinski definition) is 0. The summed E-state index contributed by atoms with van der Waals surface area (Å²) in [4.78, 5) is 0. The second-order valence-electron chi connectivity index (χ2n) is 6.33. The Morgan fingerprint density at radius 1 is 0.500 bits per heavy atom. The monoisotopic (exact) mass is 358 g/mol. The Hall–Kier alpha value is 0.300. The molecule has 0 aromatic heterocycles. The highest BCUT2D eigenvalue weighted by molar-refractivity contribution is 7.72. The molecule has 0 rings (SSSR count). The van der Waals surface area contributed by atoms with Gasteiger partial charge in [0.1, 0.15) is 0 Å². The summed E-state index contributed by atoms with van der Waals surface area (Å²) in [6.45, 7) is 15.5. The maximum absolute atomic E-state index is 13.2. The van der Waals surface area contributed by atoms with Crippen LogP contribution >= 0.6 is 15.2 Å². The van der Waals surface area contributed by atoms with Crippen LogP contribution in [-0.2, 0) is 27.2 Å². The van der Waals surface area contributed by atoms with Crippen LogP contribution in [0.15, 0.2) is 0 Å². The second-order valence-corrected chi connectivity index (χ2v) is 11.3. The zero-order chi connectivity index (χ0) is 17.7. The van der Waals surface area contributed by atoms with Crippen LogP contribution in [0.2, 0.25) is 0 Å². The van der Waals surface area contributed by atoms with Crippen molar-refractivity contribution in [2.24, 2.45) is 0 Å². The molecule has 0 aliphatic rings. The summed E-state index contributed by atoms with van der Waals surface area (Å²) in [6, 6.07) is 0. The van der Waals surface area contributed by atoms with E-state index in [4.69, 9.17) is 18.1 Å². The van der Waals surface area contributed by atoms with Crippen LogP contribution in [0.25, 0.3) is 0 Å². The average molecular weight is 358 g/mol. The molecule has 0 saturated carbocycles. The third-order valence-corrected chi connectivity index (χ3v) is 8.74. The van der Waals surface area contributed by atoms with Gasteiger partial charge < -0.3 is 18.1 Å². The molecule has 0 atom stereocenters. The SMILES string of the molecule is CC(C)OP(=O)(OC(C)C)C(C)P(=O)(OC(C)C)OC(C)C. The number of hydrogen-bond acceptors (Lipinski definition) is 6. The van der Waals surface area contributed by atoms with Crippen molar-refractivity contribution >= 4 is 15.2 Å². The largest absolute Gasteiger partial charge is 0.346 e. The molecule has 0 aromatic rings. The topological polar surface area (TPSA) is 71.1 Å². The van der Waals surface area contributed by atoms with E-state index in [2.05, 4.69) is 0 Å². The first kappa shape index (κ1) is 22.3. The molecule has 0 fully saturated rings. The predicted molar refractivity (Wildman–Crippen MR) is 89.6 cm³/mol.